The van der Waals surface area contributed by atoms with Crippen LogP contribution in [-0.4, -0.2) is 20.7 Å². The Morgan fingerprint density at radius 1 is 1.39 bits per heavy atom. The van der Waals surface area contributed by atoms with Crippen molar-refractivity contribution >= 4 is 50.6 Å². The molecule has 0 aliphatic rings. The summed E-state index contributed by atoms with van der Waals surface area (Å²) in [5.74, 6) is -0.0658. The summed E-state index contributed by atoms with van der Waals surface area (Å²) in [5, 5.41) is 7.60. The maximum Gasteiger partial charge on any atom is 0.262 e. The predicted molar refractivity (Wildman–Crippen MR) is 96.3 cm³/mol. The zero-order valence-corrected chi connectivity index (χ0v) is 15.1. The molecule has 120 valence electrons. The van der Waals surface area contributed by atoms with Crippen LogP contribution in [0, 0.1) is 0 Å². The van der Waals surface area contributed by atoms with Crippen LogP contribution in [0.15, 0.2) is 38.9 Å². The van der Waals surface area contributed by atoms with E-state index in [1.165, 1.54) is 27.7 Å². The zero-order valence-electron chi connectivity index (χ0n) is 12.6. The monoisotopic (exact) mass is 365 g/mol. The number of amides is 1. The Bertz CT molecular complexity index is 883. The number of carbonyl (C=O) groups is 1. The van der Waals surface area contributed by atoms with Gasteiger partial charge in [-0.05, 0) is 29.8 Å². The van der Waals surface area contributed by atoms with Crippen LogP contribution >= 0.6 is 34.4 Å². The Balaban J connectivity index is 1.72. The van der Waals surface area contributed by atoms with E-state index in [0.29, 0.717) is 21.9 Å². The molecule has 0 aliphatic carbocycles. The number of carbonyl (C=O) groups excluding carboxylic acids is 1. The van der Waals surface area contributed by atoms with Gasteiger partial charge < -0.3 is 5.32 Å². The molecule has 5 nitrogen and oxygen atoms in total. The highest BCUT2D eigenvalue weighted by molar-refractivity contribution is 8.00. The van der Waals surface area contributed by atoms with Gasteiger partial charge in [-0.1, -0.05) is 17.8 Å². The summed E-state index contributed by atoms with van der Waals surface area (Å²) in [7, 11) is 1.69. The molecule has 0 aromatic carbocycles. The second-order valence-corrected chi connectivity index (χ2v) is 8.19. The van der Waals surface area contributed by atoms with Crippen LogP contribution in [0.5, 0.6) is 0 Å². The standard InChI is InChI=1S/C15H15N3O2S3/c1-9(12(19)16-8-10-4-3-6-21-10)23-15-17-13-11(5-7-22-13)14(20)18(15)2/h3-7,9H,8H2,1-2H3,(H,16,19). The van der Waals surface area contributed by atoms with Gasteiger partial charge in [0.25, 0.3) is 5.56 Å². The summed E-state index contributed by atoms with van der Waals surface area (Å²) in [6.45, 7) is 2.34. The number of thioether (sulfide) groups is 1. The normalized spacial score (nSPS) is 12.4. The Morgan fingerprint density at radius 2 is 2.22 bits per heavy atom. The molecule has 3 aromatic heterocycles. The minimum Gasteiger partial charge on any atom is -0.350 e. The lowest BCUT2D eigenvalue weighted by atomic mass is 10.4. The minimum atomic E-state index is -0.328. The Labute approximate surface area is 145 Å². The first kappa shape index (κ1) is 16.2. The number of hydrogen-bond acceptors (Lipinski definition) is 6. The third-order valence-corrected chi connectivity index (χ3v) is 6.16. The van der Waals surface area contributed by atoms with Gasteiger partial charge in [-0.2, -0.15) is 0 Å². The van der Waals surface area contributed by atoms with Gasteiger partial charge in [-0.3, -0.25) is 14.2 Å². The van der Waals surface area contributed by atoms with Crippen molar-refractivity contribution in [2.75, 3.05) is 0 Å². The molecule has 8 heteroatoms. The summed E-state index contributed by atoms with van der Waals surface area (Å²) in [5.41, 5.74) is -0.0788. The number of hydrogen-bond donors (Lipinski definition) is 1. The molecular weight excluding hydrogens is 350 g/mol. The molecule has 3 rings (SSSR count). The zero-order chi connectivity index (χ0) is 16.4. The molecule has 0 fully saturated rings. The number of rotatable bonds is 5. The van der Waals surface area contributed by atoms with Gasteiger partial charge in [0.05, 0.1) is 17.2 Å². The van der Waals surface area contributed by atoms with E-state index in [0.717, 1.165) is 4.88 Å². The highest BCUT2D eigenvalue weighted by Crippen LogP contribution is 2.24. The highest BCUT2D eigenvalue weighted by Gasteiger charge is 2.18. The van der Waals surface area contributed by atoms with E-state index < -0.39 is 0 Å². The van der Waals surface area contributed by atoms with E-state index in [-0.39, 0.29) is 16.7 Å². The lowest BCUT2D eigenvalue weighted by Crippen LogP contribution is -2.31. The lowest BCUT2D eigenvalue weighted by Gasteiger charge is -2.13. The van der Waals surface area contributed by atoms with Crippen LogP contribution in [0.25, 0.3) is 10.2 Å². The smallest absolute Gasteiger partial charge is 0.262 e. The Morgan fingerprint density at radius 3 is 2.96 bits per heavy atom. The van der Waals surface area contributed by atoms with Crippen molar-refractivity contribution in [3.05, 3.63) is 44.2 Å². The Kier molecular flexibility index (Phi) is 4.84. The lowest BCUT2D eigenvalue weighted by molar-refractivity contribution is -0.120. The van der Waals surface area contributed by atoms with Gasteiger partial charge >= 0.3 is 0 Å². The van der Waals surface area contributed by atoms with Crippen molar-refractivity contribution in [3.63, 3.8) is 0 Å². The summed E-state index contributed by atoms with van der Waals surface area (Å²) < 4.78 is 1.50. The molecule has 0 saturated carbocycles. The molecule has 1 unspecified atom stereocenters. The van der Waals surface area contributed by atoms with E-state index in [1.54, 1.807) is 24.5 Å². The fraction of sp³-hybridized carbons (Fsp3) is 0.267. The van der Waals surface area contributed by atoms with Crippen LogP contribution in [-0.2, 0) is 18.4 Å². The van der Waals surface area contributed by atoms with E-state index >= 15 is 0 Å². The SMILES string of the molecule is CC(Sc1nc2sccc2c(=O)n1C)C(=O)NCc1cccs1. The highest BCUT2D eigenvalue weighted by atomic mass is 32.2. The van der Waals surface area contributed by atoms with Gasteiger partial charge in [0.15, 0.2) is 5.16 Å². The molecule has 23 heavy (non-hydrogen) atoms. The quantitative estimate of drug-likeness (QED) is 0.558. The van der Waals surface area contributed by atoms with Gasteiger partial charge in [-0.25, -0.2) is 4.98 Å². The van der Waals surface area contributed by atoms with Crippen LogP contribution in [0.3, 0.4) is 0 Å². The first-order chi connectivity index (χ1) is 11.1. The second-order valence-electron chi connectivity index (χ2n) is 4.96. The molecule has 1 N–H and O–H groups in total. The number of nitrogens with zero attached hydrogens (tertiary/aromatic N) is 2. The molecule has 3 heterocycles. The molecule has 0 spiro atoms. The van der Waals surface area contributed by atoms with Crippen LogP contribution in [0.1, 0.15) is 11.8 Å². The van der Waals surface area contributed by atoms with E-state index in [4.69, 9.17) is 0 Å². The van der Waals surface area contributed by atoms with Gasteiger partial charge in [0, 0.05) is 11.9 Å². The number of aromatic nitrogens is 2. The third-order valence-electron chi connectivity index (χ3n) is 3.33. The summed E-state index contributed by atoms with van der Waals surface area (Å²) >= 11 is 4.34. The number of thiophene rings is 2. The van der Waals surface area contributed by atoms with Gasteiger partial charge in [-0.15, -0.1) is 22.7 Å². The second kappa shape index (κ2) is 6.86. The molecule has 0 bridgehead atoms. The maximum atomic E-state index is 12.3. The van der Waals surface area contributed by atoms with Crippen molar-refractivity contribution < 1.29 is 4.79 Å². The summed E-state index contributed by atoms with van der Waals surface area (Å²) in [6, 6.07) is 5.72. The molecular formula is C15H15N3O2S3. The summed E-state index contributed by atoms with van der Waals surface area (Å²) in [4.78, 5) is 30.8. The average molecular weight is 366 g/mol. The first-order valence-electron chi connectivity index (χ1n) is 6.97. The molecule has 0 aliphatic heterocycles. The topological polar surface area (TPSA) is 64.0 Å². The molecule has 1 amide bonds. The number of fused-ring (bicyclic) bond motifs is 1. The number of nitrogens with one attached hydrogen (secondary N) is 1. The minimum absolute atomic E-state index is 0.0658. The van der Waals surface area contributed by atoms with E-state index in [2.05, 4.69) is 10.3 Å². The van der Waals surface area contributed by atoms with Crippen molar-refractivity contribution in [1.29, 1.82) is 0 Å². The third kappa shape index (κ3) is 3.49. The van der Waals surface area contributed by atoms with Crippen LogP contribution < -0.4 is 10.9 Å². The fourth-order valence-electron chi connectivity index (χ4n) is 2.03. The van der Waals surface area contributed by atoms with Crippen LogP contribution in [0.2, 0.25) is 0 Å². The molecule has 0 saturated heterocycles. The van der Waals surface area contributed by atoms with E-state index in [9.17, 15) is 9.59 Å². The van der Waals surface area contributed by atoms with Gasteiger partial charge in [0.2, 0.25) is 5.91 Å². The molecule has 3 aromatic rings. The largest absolute Gasteiger partial charge is 0.350 e. The van der Waals surface area contributed by atoms with Crippen LogP contribution in [0.4, 0.5) is 0 Å². The van der Waals surface area contributed by atoms with Crippen molar-refractivity contribution in [2.24, 2.45) is 7.05 Å². The predicted octanol–water partition coefficient (Wildman–Crippen LogP) is 2.85. The Hall–Kier alpha value is -1.64. The molecule has 0 radical (unpaired) electrons. The van der Waals surface area contributed by atoms with Crippen molar-refractivity contribution in [1.82, 2.24) is 14.9 Å². The molecule has 1 atom stereocenters. The fourth-order valence-corrected chi connectivity index (χ4v) is 4.38. The van der Waals surface area contributed by atoms with Gasteiger partial charge in [0.1, 0.15) is 4.83 Å². The first-order valence-corrected chi connectivity index (χ1v) is 9.61. The van der Waals surface area contributed by atoms with Crippen molar-refractivity contribution in [3.8, 4) is 0 Å². The summed E-state index contributed by atoms with van der Waals surface area (Å²) in [6.07, 6.45) is 0. The average Bonchev–Trinajstić information content (AvgIpc) is 3.21. The van der Waals surface area contributed by atoms with E-state index in [1.807, 2.05) is 29.8 Å². The maximum absolute atomic E-state index is 12.3. The van der Waals surface area contributed by atoms with Crippen molar-refractivity contribution in [2.45, 2.75) is 23.9 Å².